The molecule has 3 nitrogen and oxygen atoms in total. The van der Waals surface area contributed by atoms with Gasteiger partial charge in [-0.1, -0.05) is 40.5 Å². The highest BCUT2D eigenvalue weighted by Gasteiger charge is 2.20. The van der Waals surface area contributed by atoms with E-state index in [9.17, 15) is 13.2 Å². The van der Waals surface area contributed by atoms with Crippen LogP contribution < -0.4 is 4.74 Å². The molecule has 0 aromatic heterocycles. The second-order valence-electron chi connectivity index (χ2n) is 6.10. The van der Waals surface area contributed by atoms with Gasteiger partial charge in [-0.15, -0.1) is 0 Å². The van der Waals surface area contributed by atoms with Crippen molar-refractivity contribution >= 4 is 28.9 Å². The Bertz CT molecular complexity index is 905. The fourth-order valence-electron chi connectivity index (χ4n) is 2.97. The summed E-state index contributed by atoms with van der Waals surface area (Å²) >= 11 is 11.2. The summed E-state index contributed by atoms with van der Waals surface area (Å²) in [6, 6.07) is 6.75. The molecular weight excluding hydrogens is 414 g/mol. The minimum Gasteiger partial charge on any atom is -0.489 e. The Morgan fingerprint density at radius 1 is 1.11 bits per heavy atom. The Hall–Kier alpha value is -2.18. The van der Waals surface area contributed by atoms with Crippen molar-refractivity contribution in [2.75, 3.05) is 6.61 Å². The van der Waals surface area contributed by atoms with E-state index in [1.807, 2.05) is 18.2 Å². The molecule has 0 heterocycles. The van der Waals surface area contributed by atoms with Gasteiger partial charge in [-0.3, -0.25) is 0 Å². The number of rotatable bonds is 6. The van der Waals surface area contributed by atoms with Crippen molar-refractivity contribution in [3.8, 4) is 5.75 Å². The van der Waals surface area contributed by atoms with Gasteiger partial charge < -0.3 is 9.57 Å². The molecule has 0 saturated carbocycles. The molecule has 1 aliphatic rings. The zero-order valence-electron chi connectivity index (χ0n) is 14.7. The van der Waals surface area contributed by atoms with E-state index in [0.29, 0.717) is 30.0 Å². The van der Waals surface area contributed by atoms with Gasteiger partial charge in [-0.05, 0) is 31.4 Å². The monoisotopic (exact) mass is 429 g/mol. The summed E-state index contributed by atoms with van der Waals surface area (Å²) in [6.07, 6.45) is 3.80. The van der Waals surface area contributed by atoms with Gasteiger partial charge in [0.15, 0.2) is 0 Å². The van der Waals surface area contributed by atoms with Crippen molar-refractivity contribution in [3.05, 3.63) is 75.0 Å². The first-order valence-corrected chi connectivity index (χ1v) is 9.29. The molecule has 0 fully saturated rings. The first-order chi connectivity index (χ1) is 13.5. The largest absolute Gasteiger partial charge is 0.489 e. The highest BCUT2D eigenvalue weighted by molar-refractivity contribution is 6.55. The minimum absolute atomic E-state index is 0.126. The third-order valence-corrected chi connectivity index (χ3v) is 4.56. The fourth-order valence-corrected chi connectivity index (χ4v) is 3.10. The summed E-state index contributed by atoms with van der Waals surface area (Å²) < 4.78 is 46.2. The van der Waals surface area contributed by atoms with E-state index in [-0.39, 0.29) is 16.7 Å². The number of hydrogen-bond acceptors (Lipinski definition) is 3. The number of oxime groups is 1. The van der Waals surface area contributed by atoms with E-state index >= 15 is 0 Å². The van der Waals surface area contributed by atoms with Gasteiger partial charge in [0.2, 0.25) is 0 Å². The second kappa shape index (κ2) is 9.34. The lowest BCUT2D eigenvalue weighted by Gasteiger charge is -2.20. The predicted octanol–water partition coefficient (Wildman–Crippen LogP) is 6.06. The molecule has 1 aliphatic carbocycles. The molecule has 0 amide bonds. The van der Waals surface area contributed by atoms with Crippen LogP contribution in [0.2, 0.25) is 0 Å². The SMILES string of the molecule is Fc1cc(F)c(CO/N=C2\CCCc3c(OCC=C(Cl)Cl)cccc32)c(F)c1. The topological polar surface area (TPSA) is 30.8 Å². The van der Waals surface area contributed by atoms with Gasteiger partial charge in [0.1, 0.15) is 40.9 Å². The van der Waals surface area contributed by atoms with Gasteiger partial charge in [0.25, 0.3) is 0 Å². The zero-order valence-corrected chi connectivity index (χ0v) is 16.2. The molecule has 3 rings (SSSR count). The lowest BCUT2D eigenvalue weighted by atomic mass is 9.89. The van der Waals surface area contributed by atoms with E-state index in [2.05, 4.69) is 5.16 Å². The van der Waals surface area contributed by atoms with Crippen molar-refractivity contribution in [1.82, 2.24) is 0 Å². The molecule has 8 heteroatoms. The number of benzene rings is 2. The Morgan fingerprint density at radius 3 is 2.57 bits per heavy atom. The van der Waals surface area contributed by atoms with E-state index < -0.39 is 24.1 Å². The van der Waals surface area contributed by atoms with Gasteiger partial charge in [-0.2, -0.15) is 0 Å². The summed E-state index contributed by atoms with van der Waals surface area (Å²) in [5.74, 6) is -2.32. The van der Waals surface area contributed by atoms with Gasteiger partial charge in [0.05, 0.1) is 11.3 Å². The zero-order chi connectivity index (χ0) is 20.1. The van der Waals surface area contributed by atoms with Crippen LogP contribution in [-0.2, 0) is 17.9 Å². The Labute approximate surface area is 170 Å². The highest BCUT2D eigenvalue weighted by Crippen LogP contribution is 2.30. The van der Waals surface area contributed by atoms with Crippen LogP contribution >= 0.6 is 23.2 Å². The Morgan fingerprint density at radius 2 is 1.86 bits per heavy atom. The quantitative estimate of drug-likeness (QED) is 0.522. The van der Waals surface area contributed by atoms with Crippen LogP contribution in [0.15, 0.2) is 46.1 Å². The molecule has 0 aliphatic heterocycles. The van der Waals surface area contributed by atoms with E-state index in [1.165, 1.54) is 6.08 Å². The van der Waals surface area contributed by atoms with Gasteiger partial charge >= 0.3 is 0 Å². The molecule has 148 valence electrons. The van der Waals surface area contributed by atoms with Crippen molar-refractivity contribution in [2.45, 2.75) is 25.9 Å². The van der Waals surface area contributed by atoms with Crippen LogP contribution in [0.4, 0.5) is 13.2 Å². The molecule has 0 N–H and O–H groups in total. The average Bonchev–Trinajstić information content (AvgIpc) is 2.64. The Kier molecular flexibility index (Phi) is 6.86. The minimum atomic E-state index is -1.01. The van der Waals surface area contributed by atoms with Crippen LogP contribution in [0, 0.1) is 17.5 Å². The molecule has 2 aromatic rings. The molecule has 28 heavy (non-hydrogen) atoms. The summed E-state index contributed by atoms with van der Waals surface area (Å²) in [7, 11) is 0. The summed E-state index contributed by atoms with van der Waals surface area (Å²) in [5, 5.41) is 4.05. The third kappa shape index (κ3) is 5.00. The predicted molar refractivity (Wildman–Crippen MR) is 102 cm³/mol. The highest BCUT2D eigenvalue weighted by atomic mass is 35.5. The maximum atomic E-state index is 13.7. The van der Waals surface area contributed by atoms with E-state index in [1.54, 1.807) is 0 Å². The number of ether oxygens (including phenoxy) is 1. The van der Waals surface area contributed by atoms with E-state index in [0.717, 1.165) is 24.0 Å². The van der Waals surface area contributed by atoms with Gasteiger partial charge in [-0.25, -0.2) is 13.2 Å². The van der Waals surface area contributed by atoms with Crippen LogP contribution in [-0.4, -0.2) is 12.3 Å². The smallest absolute Gasteiger partial charge is 0.148 e. The van der Waals surface area contributed by atoms with E-state index in [4.69, 9.17) is 32.8 Å². The standard InChI is InChI=1S/C20H16Cl2F3NO2/c21-20(22)7-8-27-19-6-2-3-13-14(19)4-1-5-18(13)26-28-11-15-16(24)9-12(23)10-17(15)25/h2-3,6-7,9-10H,1,4-5,8,11H2/b26-18+. The Balaban J connectivity index is 1.76. The van der Waals surface area contributed by atoms with Gasteiger partial charge in [0, 0.05) is 23.3 Å². The van der Waals surface area contributed by atoms with Crippen molar-refractivity contribution in [1.29, 1.82) is 0 Å². The number of hydrogen-bond donors (Lipinski definition) is 0. The fraction of sp³-hybridized carbons (Fsp3) is 0.250. The molecular formula is C20H16Cl2F3NO2. The molecule has 0 spiro atoms. The summed E-state index contributed by atoms with van der Waals surface area (Å²) in [5.41, 5.74) is 2.10. The average molecular weight is 430 g/mol. The molecule has 0 radical (unpaired) electrons. The third-order valence-electron chi connectivity index (χ3n) is 4.25. The molecule has 0 atom stereocenters. The first kappa shape index (κ1) is 20.6. The lowest BCUT2D eigenvalue weighted by Crippen LogP contribution is -2.14. The maximum Gasteiger partial charge on any atom is 0.148 e. The van der Waals surface area contributed by atoms with Crippen LogP contribution in [0.3, 0.4) is 0 Å². The lowest BCUT2D eigenvalue weighted by molar-refractivity contribution is 0.124. The number of halogens is 5. The molecule has 0 bridgehead atoms. The summed E-state index contributed by atoms with van der Waals surface area (Å²) in [4.78, 5) is 5.17. The molecule has 0 unspecified atom stereocenters. The first-order valence-electron chi connectivity index (χ1n) is 8.54. The van der Waals surface area contributed by atoms with Crippen molar-refractivity contribution in [3.63, 3.8) is 0 Å². The number of fused-ring (bicyclic) bond motifs is 1. The molecule has 0 saturated heterocycles. The second-order valence-corrected chi connectivity index (χ2v) is 7.11. The number of nitrogens with zero attached hydrogens (tertiary/aromatic N) is 1. The normalized spacial score (nSPS) is 14.5. The van der Waals surface area contributed by atoms with Crippen LogP contribution in [0.25, 0.3) is 0 Å². The maximum absolute atomic E-state index is 13.7. The van der Waals surface area contributed by atoms with Crippen LogP contribution in [0.5, 0.6) is 5.75 Å². The van der Waals surface area contributed by atoms with Crippen LogP contribution in [0.1, 0.15) is 29.5 Å². The van der Waals surface area contributed by atoms with Crippen molar-refractivity contribution < 1.29 is 22.7 Å². The van der Waals surface area contributed by atoms with Crippen molar-refractivity contribution in [2.24, 2.45) is 5.16 Å². The molecule has 2 aromatic carbocycles. The summed E-state index contributed by atoms with van der Waals surface area (Å²) in [6.45, 7) is -0.211.